The van der Waals surface area contributed by atoms with Crippen LogP contribution in [0, 0.1) is 0 Å². The average molecular weight is 283 g/mol. The van der Waals surface area contributed by atoms with Gasteiger partial charge in [-0.05, 0) is 29.5 Å². The average Bonchev–Trinajstić information content (AvgIpc) is 2.52. The van der Waals surface area contributed by atoms with Gasteiger partial charge in [0.05, 0.1) is 0 Å². The number of rotatable bonds is 6. The molecule has 112 valence electrons. The number of hydrogen-bond donors (Lipinski definition) is 1. The molecule has 0 saturated heterocycles. The molecule has 0 bridgehead atoms. The van der Waals surface area contributed by atoms with Crippen molar-refractivity contribution >= 4 is 0 Å². The molecule has 0 aliphatic heterocycles. The van der Waals surface area contributed by atoms with Crippen molar-refractivity contribution in [3.05, 3.63) is 65.2 Å². The van der Waals surface area contributed by atoms with E-state index < -0.39 is 0 Å². The summed E-state index contributed by atoms with van der Waals surface area (Å²) < 4.78 is 5.97. The van der Waals surface area contributed by atoms with E-state index >= 15 is 0 Å². The molecule has 0 fully saturated rings. The van der Waals surface area contributed by atoms with Gasteiger partial charge >= 0.3 is 0 Å². The lowest BCUT2D eigenvalue weighted by Crippen LogP contribution is -2.10. The summed E-state index contributed by atoms with van der Waals surface area (Å²) in [6, 6.07) is 16.7. The molecule has 0 amide bonds. The normalized spacial score (nSPS) is 12.4. The smallest absolute Gasteiger partial charge is 0.124 e. The van der Waals surface area contributed by atoms with Crippen molar-refractivity contribution in [3.63, 3.8) is 0 Å². The van der Waals surface area contributed by atoms with Gasteiger partial charge in [0.15, 0.2) is 0 Å². The zero-order valence-corrected chi connectivity index (χ0v) is 13.2. The van der Waals surface area contributed by atoms with Crippen LogP contribution in [-0.4, -0.2) is 0 Å². The summed E-state index contributed by atoms with van der Waals surface area (Å²) in [5.74, 6) is 1.45. The van der Waals surface area contributed by atoms with E-state index in [1.54, 1.807) is 0 Å². The molecule has 2 aromatic rings. The Bertz CT molecular complexity index is 560. The van der Waals surface area contributed by atoms with Gasteiger partial charge in [-0.1, -0.05) is 63.2 Å². The Balaban J connectivity index is 2.06. The first kappa shape index (κ1) is 15.6. The molecule has 0 saturated carbocycles. The first-order valence-corrected chi connectivity index (χ1v) is 7.68. The molecule has 21 heavy (non-hydrogen) atoms. The molecule has 0 radical (unpaired) electrons. The molecule has 2 heteroatoms. The van der Waals surface area contributed by atoms with Crippen LogP contribution in [0.15, 0.2) is 48.5 Å². The van der Waals surface area contributed by atoms with Gasteiger partial charge < -0.3 is 10.5 Å². The van der Waals surface area contributed by atoms with E-state index in [1.807, 2.05) is 24.3 Å². The first-order chi connectivity index (χ1) is 10.1. The highest BCUT2D eigenvalue weighted by atomic mass is 16.5. The van der Waals surface area contributed by atoms with Crippen molar-refractivity contribution in [2.75, 3.05) is 0 Å². The van der Waals surface area contributed by atoms with Crippen LogP contribution in [-0.2, 0) is 6.61 Å². The molecule has 0 unspecified atom stereocenters. The SMILES string of the molecule is CC[C@H](N)c1ccccc1OCc1ccc(C(C)C)cc1. The van der Waals surface area contributed by atoms with Gasteiger partial charge in [0, 0.05) is 11.6 Å². The lowest BCUT2D eigenvalue weighted by Gasteiger charge is -2.16. The second-order valence-electron chi connectivity index (χ2n) is 5.74. The van der Waals surface area contributed by atoms with E-state index in [1.165, 1.54) is 11.1 Å². The fourth-order valence-electron chi connectivity index (χ4n) is 2.30. The van der Waals surface area contributed by atoms with Gasteiger partial charge in [-0.2, -0.15) is 0 Å². The third kappa shape index (κ3) is 4.08. The maximum Gasteiger partial charge on any atom is 0.124 e. The van der Waals surface area contributed by atoms with Crippen molar-refractivity contribution in [2.45, 2.75) is 45.8 Å². The molecule has 1 atom stereocenters. The zero-order valence-electron chi connectivity index (χ0n) is 13.2. The molecular formula is C19H25NO. The molecule has 2 nitrogen and oxygen atoms in total. The number of ether oxygens (including phenoxy) is 1. The highest BCUT2D eigenvalue weighted by Gasteiger charge is 2.10. The summed E-state index contributed by atoms with van der Waals surface area (Å²) in [6.45, 7) is 7.07. The largest absolute Gasteiger partial charge is 0.489 e. The predicted molar refractivity (Wildman–Crippen MR) is 88.5 cm³/mol. The van der Waals surface area contributed by atoms with Crippen LogP contribution < -0.4 is 10.5 Å². The number of benzene rings is 2. The maximum atomic E-state index is 6.14. The molecule has 0 spiro atoms. The molecule has 2 N–H and O–H groups in total. The lowest BCUT2D eigenvalue weighted by molar-refractivity contribution is 0.300. The minimum absolute atomic E-state index is 0.0320. The molecule has 0 aliphatic carbocycles. The van der Waals surface area contributed by atoms with Crippen molar-refractivity contribution < 1.29 is 4.74 Å². The zero-order chi connectivity index (χ0) is 15.2. The van der Waals surface area contributed by atoms with E-state index in [-0.39, 0.29) is 6.04 Å². The van der Waals surface area contributed by atoms with E-state index in [4.69, 9.17) is 10.5 Å². The second-order valence-corrected chi connectivity index (χ2v) is 5.74. The fourth-order valence-corrected chi connectivity index (χ4v) is 2.30. The molecule has 0 aromatic heterocycles. The summed E-state index contributed by atoms with van der Waals surface area (Å²) in [4.78, 5) is 0. The lowest BCUT2D eigenvalue weighted by atomic mass is 10.0. The monoisotopic (exact) mass is 283 g/mol. The Hall–Kier alpha value is -1.80. The predicted octanol–water partition coefficient (Wildman–Crippen LogP) is 4.80. The van der Waals surface area contributed by atoms with E-state index in [0.29, 0.717) is 12.5 Å². The number of nitrogens with two attached hydrogens (primary N) is 1. The molecule has 0 heterocycles. The third-order valence-electron chi connectivity index (χ3n) is 3.80. The summed E-state index contributed by atoms with van der Waals surface area (Å²) in [6.07, 6.45) is 0.906. The Morgan fingerprint density at radius 1 is 1.00 bits per heavy atom. The summed E-state index contributed by atoms with van der Waals surface area (Å²) in [5.41, 5.74) is 9.75. The van der Waals surface area contributed by atoms with Crippen LogP contribution in [0.3, 0.4) is 0 Å². The summed E-state index contributed by atoms with van der Waals surface area (Å²) >= 11 is 0. The number of hydrogen-bond acceptors (Lipinski definition) is 2. The van der Waals surface area contributed by atoms with Gasteiger partial charge in [0.25, 0.3) is 0 Å². The van der Waals surface area contributed by atoms with Gasteiger partial charge in [0.2, 0.25) is 0 Å². The topological polar surface area (TPSA) is 35.2 Å². The molecular weight excluding hydrogens is 258 g/mol. The minimum atomic E-state index is 0.0320. The standard InChI is InChI=1S/C19H25NO/c1-4-18(20)17-7-5-6-8-19(17)21-13-15-9-11-16(12-10-15)14(2)3/h5-12,14,18H,4,13,20H2,1-3H3/t18-/m0/s1. The molecule has 2 aromatic carbocycles. The van der Waals surface area contributed by atoms with Crippen LogP contribution in [0.2, 0.25) is 0 Å². The fraction of sp³-hybridized carbons (Fsp3) is 0.368. The van der Waals surface area contributed by atoms with Crippen LogP contribution in [0.25, 0.3) is 0 Å². The first-order valence-electron chi connectivity index (χ1n) is 7.68. The minimum Gasteiger partial charge on any atom is -0.489 e. The van der Waals surface area contributed by atoms with Crippen LogP contribution in [0.4, 0.5) is 0 Å². The Kier molecular flexibility index (Phi) is 5.40. The number of para-hydroxylation sites is 1. The van der Waals surface area contributed by atoms with E-state index in [9.17, 15) is 0 Å². The van der Waals surface area contributed by atoms with Crippen molar-refractivity contribution in [2.24, 2.45) is 5.73 Å². The summed E-state index contributed by atoms with van der Waals surface area (Å²) in [7, 11) is 0. The second kappa shape index (κ2) is 7.28. The third-order valence-corrected chi connectivity index (χ3v) is 3.80. The van der Waals surface area contributed by atoms with Crippen molar-refractivity contribution in [1.29, 1.82) is 0 Å². The maximum absolute atomic E-state index is 6.14. The summed E-state index contributed by atoms with van der Waals surface area (Å²) in [5, 5.41) is 0. The van der Waals surface area contributed by atoms with E-state index in [2.05, 4.69) is 45.0 Å². The van der Waals surface area contributed by atoms with Crippen LogP contribution in [0.5, 0.6) is 5.75 Å². The quantitative estimate of drug-likeness (QED) is 0.826. The van der Waals surface area contributed by atoms with Gasteiger partial charge in [-0.25, -0.2) is 0 Å². The van der Waals surface area contributed by atoms with Gasteiger partial charge in [-0.3, -0.25) is 0 Å². The van der Waals surface area contributed by atoms with E-state index in [0.717, 1.165) is 17.7 Å². The van der Waals surface area contributed by atoms with Gasteiger partial charge in [-0.15, -0.1) is 0 Å². The van der Waals surface area contributed by atoms with Crippen LogP contribution in [0.1, 0.15) is 55.8 Å². The van der Waals surface area contributed by atoms with Crippen LogP contribution >= 0.6 is 0 Å². The van der Waals surface area contributed by atoms with Crippen molar-refractivity contribution in [1.82, 2.24) is 0 Å². The Labute approximate surface area is 127 Å². The molecule has 0 aliphatic rings. The Morgan fingerprint density at radius 3 is 2.29 bits per heavy atom. The Morgan fingerprint density at radius 2 is 1.67 bits per heavy atom. The highest BCUT2D eigenvalue weighted by Crippen LogP contribution is 2.26. The van der Waals surface area contributed by atoms with Gasteiger partial charge in [0.1, 0.15) is 12.4 Å². The highest BCUT2D eigenvalue weighted by molar-refractivity contribution is 5.36. The molecule has 2 rings (SSSR count). The van der Waals surface area contributed by atoms with Crippen molar-refractivity contribution in [3.8, 4) is 5.75 Å².